The van der Waals surface area contributed by atoms with Crippen molar-refractivity contribution >= 4 is 16.9 Å². The topological polar surface area (TPSA) is 59.8 Å². The lowest BCUT2D eigenvalue weighted by Gasteiger charge is -2.20. The summed E-state index contributed by atoms with van der Waals surface area (Å²) < 4.78 is 11.2. The minimum atomic E-state index is -0.491. The first-order chi connectivity index (χ1) is 12.4. The van der Waals surface area contributed by atoms with Gasteiger partial charge in [0.15, 0.2) is 5.43 Å². The molecule has 0 saturated heterocycles. The van der Waals surface area contributed by atoms with Gasteiger partial charge in [0.25, 0.3) is 5.91 Å². The van der Waals surface area contributed by atoms with Gasteiger partial charge in [-0.05, 0) is 54.8 Å². The summed E-state index contributed by atoms with van der Waals surface area (Å²) in [4.78, 5) is 27.5. The summed E-state index contributed by atoms with van der Waals surface area (Å²) in [5.41, 5.74) is 3.53. The van der Waals surface area contributed by atoms with Gasteiger partial charge >= 0.3 is 0 Å². The maximum absolute atomic E-state index is 13.2. The van der Waals surface area contributed by atoms with Crippen molar-refractivity contribution in [2.75, 3.05) is 14.2 Å². The van der Waals surface area contributed by atoms with Crippen molar-refractivity contribution in [2.45, 2.75) is 19.9 Å². The highest BCUT2D eigenvalue weighted by Crippen LogP contribution is 2.38. The van der Waals surface area contributed by atoms with Crippen LogP contribution in [0.5, 0.6) is 5.75 Å². The number of carbonyl (C=O) groups is 1. The molecule has 0 unspecified atom stereocenters. The van der Waals surface area contributed by atoms with Crippen LogP contribution in [0, 0.1) is 13.8 Å². The molecule has 2 aromatic carbocycles. The van der Waals surface area contributed by atoms with Gasteiger partial charge in [-0.15, -0.1) is 0 Å². The number of hydrogen-bond donors (Lipinski definition) is 0. The Bertz CT molecular complexity index is 1110. The molecule has 1 aliphatic heterocycles. The lowest BCUT2D eigenvalue weighted by Crippen LogP contribution is -2.25. The van der Waals surface area contributed by atoms with Crippen molar-refractivity contribution < 1.29 is 13.9 Å². The Morgan fingerprint density at radius 3 is 2.54 bits per heavy atom. The molecule has 2 heterocycles. The molecule has 1 atom stereocenters. The monoisotopic (exact) mass is 349 g/mol. The first kappa shape index (κ1) is 16.4. The molecule has 4 rings (SSSR count). The van der Waals surface area contributed by atoms with E-state index in [1.165, 1.54) is 0 Å². The van der Waals surface area contributed by atoms with Crippen molar-refractivity contribution in [1.82, 2.24) is 4.90 Å². The summed E-state index contributed by atoms with van der Waals surface area (Å²) in [5, 5.41) is 0.503. The Kier molecular flexibility index (Phi) is 3.61. The Morgan fingerprint density at radius 2 is 1.81 bits per heavy atom. The molecule has 0 bridgehead atoms. The van der Waals surface area contributed by atoms with Crippen molar-refractivity contribution in [1.29, 1.82) is 0 Å². The lowest BCUT2D eigenvalue weighted by atomic mass is 9.97. The molecular weight excluding hydrogens is 330 g/mol. The largest absolute Gasteiger partial charge is 0.497 e. The molecule has 1 aliphatic rings. The second-order valence-electron chi connectivity index (χ2n) is 6.70. The standard InChI is InChI=1S/C21H19NO4/c1-11-8-15-16(9-12(11)2)26-20-17(19(15)23)18(22(3)21(20)24)13-6-5-7-14(10-13)25-4/h5-10,18H,1-4H3/t18-/m0/s1. The fraction of sp³-hybridized carbons (Fsp3) is 0.238. The van der Waals surface area contributed by atoms with Gasteiger partial charge in [-0.1, -0.05) is 12.1 Å². The minimum Gasteiger partial charge on any atom is -0.497 e. The van der Waals surface area contributed by atoms with E-state index < -0.39 is 6.04 Å². The number of carbonyl (C=O) groups excluding carboxylic acids is 1. The summed E-state index contributed by atoms with van der Waals surface area (Å²) in [7, 11) is 3.27. The minimum absolute atomic E-state index is 0.126. The van der Waals surface area contributed by atoms with Crippen LogP contribution in [0.3, 0.4) is 0 Å². The molecule has 0 radical (unpaired) electrons. The van der Waals surface area contributed by atoms with Crippen LogP contribution in [0.15, 0.2) is 45.6 Å². The summed E-state index contributed by atoms with van der Waals surface area (Å²) in [6, 6.07) is 10.6. The predicted molar refractivity (Wildman–Crippen MR) is 98.9 cm³/mol. The quantitative estimate of drug-likeness (QED) is 0.709. The molecule has 3 aromatic rings. The smallest absolute Gasteiger partial charge is 0.290 e. The first-order valence-corrected chi connectivity index (χ1v) is 8.41. The predicted octanol–water partition coefficient (Wildman–Crippen LogP) is 3.59. The molecule has 0 spiro atoms. The molecule has 5 heteroatoms. The fourth-order valence-corrected chi connectivity index (χ4v) is 3.54. The van der Waals surface area contributed by atoms with Crippen LogP contribution in [0.2, 0.25) is 0 Å². The van der Waals surface area contributed by atoms with Gasteiger partial charge in [0.2, 0.25) is 5.76 Å². The van der Waals surface area contributed by atoms with Gasteiger partial charge in [0, 0.05) is 7.05 Å². The molecule has 0 N–H and O–H groups in total. The van der Waals surface area contributed by atoms with E-state index >= 15 is 0 Å². The molecule has 26 heavy (non-hydrogen) atoms. The third kappa shape index (κ3) is 2.24. The SMILES string of the molecule is COc1cccc([C@H]2c3c(oc4cc(C)c(C)cc4c3=O)C(=O)N2C)c1. The lowest BCUT2D eigenvalue weighted by molar-refractivity contribution is 0.0771. The molecule has 0 saturated carbocycles. The Hall–Kier alpha value is -3.08. The van der Waals surface area contributed by atoms with E-state index in [2.05, 4.69) is 0 Å². The van der Waals surface area contributed by atoms with E-state index in [0.717, 1.165) is 16.7 Å². The van der Waals surface area contributed by atoms with Crippen LogP contribution in [0.4, 0.5) is 0 Å². The highest BCUT2D eigenvalue weighted by atomic mass is 16.5. The van der Waals surface area contributed by atoms with E-state index in [1.807, 2.05) is 50.2 Å². The van der Waals surface area contributed by atoms with Crippen LogP contribution < -0.4 is 10.2 Å². The van der Waals surface area contributed by atoms with E-state index in [-0.39, 0.29) is 17.1 Å². The fourth-order valence-electron chi connectivity index (χ4n) is 3.54. The van der Waals surface area contributed by atoms with Gasteiger partial charge in [-0.3, -0.25) is 9.59 Å². The summed E-state index contributed by atoms with van der Waals surface area (Å²) in [6.07, 6.45) is 0. The van der Waals surface area contributed by atoms with Gasteiger partial charge in [-0.2, -0.15) is 0 Å². The van der Waals surface area contributed by atoms with Crippen molar-refractivity contribution in [3.8, 4) is 5.75 Å². The number of fused-ring (bicyclic) bond motifs is 2. The Balaban J connectivity index is 2.02. The van der Waals surface area contributed by atoms with E-state index in [1.54, 1.807) is 19.1 Å². The number of benzene rings is 2. The number of hydrogen-bond acceptors (Lipinski definition) is 4. The van der Waals surface area contributed by atoms with Crippen LogP contribution in [-0.4, -0.2) is 25.0 Å². The number of nitrogens with zero attached hydrogens (tertiary/aromatic N) is 1. The number of rotatable bonds is 2. The molecule has 1 aromatic heterocycles. The average Bonchev–Trinajstić information content (AvgIpc) is 2.89. The molecule has 0 aliphatic carbocycles. The molecule has 132 valence electrons. The average molecular weight is 349 g/mol. The number of amides is 1. The van der Waals surface area contributed by atoms with E-state index in [0.29, 0.717) is 22.3 Å². The van der Waals surface area contributed by atoms with Gasteiger partial charge in [0.1, 0.15) is 11.3 Å². The second-order valence-corrected chi connectivity index (χ2v) is 6.70. The number of ether oxygens (including phenoxy) is 1. The zero-order valence-corrected chi connectivity index (χ0v) is 15.1. The van der Waals surface area contributed by atoms with Gasteiger partial charge in [0.05, 0.1) is 24.1 Å². The van der Waals surface area contributed by atoms with Gasteiger partial charge < -0.3 is 14.1 Å². The summed E-state index contributed by atoms with van der Waals surface area (Å²) >= 11 is 0. The normalized spacial score (nSPS) is 16.2. The second kappa shape index (κ2) is 5.73. The maximum Gasteiger partial charge on any atom is 0.290 e. The first-order valence-electron chi connectivity index (χ1n) is 8.41. The zero-order valence-electron chi connectivity index (χ0n) is 15.1. The number of aryl methyl sites for hydroxylation is 2. The van der Waals surface area contributed by atoms with Crippen molar-refractivity contribution in [3.05, 3.63) is 74.6 Å². The Morgan fingerprint density at radius 1 is 1.08 bits per heavy atom. The summed E-state index contributed by atoms with van der Waals surface area (Å²) in [6.45, 7) is 3.91. The zero-order chi connectivity index (χ0) is 18.6. The van der Waals surface area contributed by atoms with Gasteiger partial charge in [-0.25, -0.2) is 0 Å². The Labute approximate surface area is 150 Å². The van der Waals surface area contributed by atoms with E-state index in [4.69, 9.17) is 9.15 Å². The molecule has 1 amide bonds. The third-order valence-corrected chi connectivity index (χ3v) is 5.13. The van der Waals surface area contributed by atoms with Crippen LogP contribution in [-0.2, 0) is 0 Å². The van der Waals surface area contributed by atoms with Crippen LogP contribution in [0.25, 0.3) is 11.0 Å². The summed E-state index contributed by atoms with van der Waals surface area (Å²) in [5.74, 6) is 0.513. The van der Waals surface area contributed by atoms with Crippen molar-refractivity contribution in [2.24, 2.45) is 0 Å². The number of methoxy groups -OCH3 is 1. The highest BCUT2D eigenvalue weighted by molar-refractivity contribution is 5.99. The van der Waals surface area contributed by atoms with Crippen LogP contribution >= 0.6 is 0 Å². The molecule has 5 nitrogen and oxygen atoms in total. The van der Waals surface area contributed by atoms with E-state index in [9.17, 15) is 9.59 Å². The van der Waals surface area contributed by atoms with Crippen molar-refractivity contribution in [3.63, 3.8) is 0 Å². The molecule has 0 fully saturated rings. The molecular formula is C21H19NO4. The third-order valence-electron chi connectivity index (χ3n) is 5.13. The highest BCUT2D eigenvalue weighted by Gasteiger charge is 2.40. The van der Waals surface area contributed by atoms with Crippen LogP contribution in [0.1, 0.15) is 38.9 Å². The maximum atomic E-state index is 13.2.